The highest BCUT2D eigenvalue weighted by atomic mass is 79.9. The summed E-state index contributed by atoms with van der Waals surface area (Å²) in [6, 6.07) is 15.1. The molecule has 2 aromatic carbocycles. The van der Waals surface area contributed by atoms with Gasteiger partial charge >= 0.3 is 0 Å². The van der Waals surface area contributed by atoms with Crippen LogP contribution in [0.15, 0.2) is 69.8 Å². The number of carbonyl (C=O) groups excluding carboxylic acids is 2. The molecule has 1 heterocycles. The van der Waals surface area contributed by atoms with E-state index in [0.29, 0.717) is 22.1 Å². The number of furan rings is 1. The van der Waals surface area contributed by atoms with Crippen LogP contribution in [0, 0.1) is 0 Å². The van der Waals surface area contributed by atoms with E-state index in [1.54, 1.807) is 54.6 Å². The van der Waals surface area contributed by atoms with Crippen LogP contribution in [-0.4, -0.2) is 18.4 Å². The zero-order valence-electron chi connectivity index (χ0n) is 13.9. The second-order valence-electron chi connectivity index (χ2n) is 5.42. The molecule has 3 rings (SSSR count). The maximum atomic E-state index is 12.1. The van der Waals surface area contributed by atoms with Crippen molar-refractivity contribution in [1.82, 2.24) is 0 Å². The van der Waals surface area contributed by atoms with E-state index in [4.69, 9.17) is 20.8 Å². The van der Waals surface area contributed by atoms with Crippen LogP contribution in [0.2, 0.25) is 5.02 Å². The summed E-state index contributed by atoms with van der Waals surface area (Å²) in [6.45, 7) is -0.204. The molecule has 0 atom stereocenters. The van der Waals surface area contributed by atoms with Crippen molar-refractivity contribution in [3.8, 4) is 5.75 Å². The fraction of sp³-hybridized carbons (Fsp3) is 0.0526. The van der Waals surface area contributed by atoms with Crippen molar-refractivity contribution in [3.63, 3.8) is 0 Å². The molecule has 0 aliphatic rings. The normalized spacial score (nSPS) is 10.3. The first-order valence-corrected chi connectivity index (χ1v) is 9.01. The van der Waals surface area contributed by atoms with Gasteiger partial charge in [-0.2, -0.15) is 0 Å². The molecule has 0 aliphatic heterocycles. The summed E-state index contributed by atoms with van der Waals surface area (Å²) in [7, 11) is 0. The van der Waals surface area contributed by atoms with Gasteiger partial charge in [0, 0.05) is 15.8 Å². The Morgan fingerprint density at radius 1 is 1.04 bits per heavy atom. The van der Waals surface area contributed by atoms with E-state index in [2.05, 4.69) is 26.6 Å². The van der Waals surface area contributed by atoms with Gasteiger partial charge in [-0.25, -0.2) is 0 Å². The second kappa shape index (κ2) is 8.75. The molecule has 0 unspecified atom stereocenters. The van der Waals surface area contributed by atoms with E-state index in [-0.39, 0.29) is 24.2 Å². The second-order valence-corrected chi connectivity index (χ2v) is 6.75. The largest absolute Gasteiger partial charge is 0.482 e. The molecule has 0 bridgehead atoms. The Morgan fingerprint density at radius 2 is 1.81 bits per heavy atom. The molecular weight excluding hydrogens is 436 g/mol. The van der Waals surface area contributed by atoms with Gasteiger partial charge in [0.25, 0.3) is 11.8 Å². The van der Waals surface area contributed by atoms with Crippen molar-refractivity contribution in [2.45, 2.75) is 0 Å². The minimum Gasteiger partial charge on any atom is -0.482 e. The quantitative estimate of drug-likeness (QED) is 0.557. The molecule has 138 valence electrons. The lowest BCUT2D eigenvalue weighted by molar-refractivity contribution is -0.118. The highest BCUT2D eigenvalue weighted by molar-refractivity contribution is 9.10. The number of hydrogen-bond donors (Lipinski definition) is 2. The topological polar surface area (TPSA) is 80.6 Å². The minimum absolute atomic E-state index is 0.198. The summed E-state index contributed by atoms with van der Waals surface area (Å²) in [4.78, 5) is 24.1. The minimum atomic E-state index is -0.378. The summed E-state index contributed by atoms with van der Waals surface area (Å²) in [5.41, 5.74) is 1.04. The van der Waals surface area contributed by atoms with Crippen molar-refractivity contribution in [2.75, 3.05) is 17.2 Å². The molecule has 3 aromatic rings. The molecule has 8 heteroatoms. The summed E-state index contributed by atoms with van der Waals surface area (Å²) >= 11 is 9.35. The molecule has 1 aromatic heterocycles. The molecule has 0 radical (unpaired) electrons. The van der Waals surface area contributed by atoms with Crippen LogP contribution >= 0.6 is 27.5 Å². The zero-order valence-corrected chi connectivity index (χ0v) is 16.2. The smallest absolute Gasteiger partial charge is 0.291 e. The molecule has 2 amide bonds. The van der Waals surface area contributed by atoms with Gasteiger partial charge in [0.2, 0.25) is 0 Å². The fourth-order valence-electron chi connectivity index (χ4n) is 2.21. The predicted molar refractivity (Wildman–Crippen MR) is 106 cm³/mol. The number of nitrogens with one attached hydrogen (secondary N) is 2. The lowest BCUT2D eigenvalue weighted by Crippen LogP contribution is -2.20. The average molecular weight is 450 g/mol. The molecule has 27 heavy (non-hydrogen) atoms. The lowest BCUT2D eigenvalue weighted by Gasteiger charge is -2.10. The SMILES string of the molecule is O=C(COc1ccc(Br)cc1Cl)Nc1cccc(NC(=O)c2ccco2)c1. The van der Waals surface area contributed by atoms with Crippen LogP contribution in [0.4, 0.5) is 11.4 Å². The van der Waals surface area contributed by atoms with Gasteiger partial charge in [-0.05, 0) is 48.5 Å². The third kappa shape index (κ3) is 5.35. The summed E-state index contributed by atoms with van der Waals surface area (Å²) in [5, 5.41) is 5.79. The number of amides is 2. The maximum absolute atomic E-state index is 12.1. The van der Waals surface area contributed by atoms with Gasteiger partial charge < -0.3 is 19.8 Å². The Labute approximate surface area is 168 Å². The van der Waals surface area contributed by atoms with E-state index in [1.807, 2.05) is 0 Å². The summed E-state index contributed by atoms with van der Waals surface area (Å²) < 4.78 is 11.3. The highest BCUT2D eigenvalue weighted by Crippen LogP contribution is 2.27. The predicted octanol–water partition coefficient (Wildman–Crippen LogP) is 4.97. The van der Waals surface area contributed by atoms with Gasteiger partial charge in [0.1, 0.15) is 5.75 Å². The molecule has 2 N–H and O–H groups in total. The van der Waals surface area contributed by atoms with Gasteiger partial charge in [-0.1, -0.05) is 33.6 Å². The molecule has 6 nitrogen and oxygen atoms in total. The fourth-order valence-corrected chi connectivity index (χ4v) is 2.94. The number of anilines is 2. The van der Waals surface area contributed by atoms with E-state index in [9.17, 15) is 9.59 Å². The number of carbonyl (C=O) groups is 2. The van der Waals surface area contributed by atoms with Crippen molar-refractivity contribution < 1.29 is 18.7 Å². The average Bonchev–Trinajstić information content (AvgIpc) is 3.16. The standard InChI is InChI=1S/C19H14BrClN2O4/c20-12-6-7-16(15(21)9-12)27-11-18(24)22-13-3-1-4-14(10-13)23-19(25)17-5-2-8-26-17/h1-10H,11H2,(H,22,24)(H,23,25). The molecule has 0 saturated carbocycles. The molecule has 0 aliphatic carbocycles. The van der Waals surface area contributed by atoms with E-state index < -0.39 is 0 Å². The van der Waals surface area contributed by atoms with Crippen molar-refractivity contribution >= 4 is 50.7 Å². The summed E-state index contributed by atoms with van der Waals surface area (Å²) in [6.07, 6.45) is 1.42. The number of benzene rings is 2. The van der Waals surface area contributed by atoms with Crippen LogP contribution < -0.4 is 15.4 Å². The van der Waals surface area contributed by atoms with Gasteiger partial charge in [-0.15, -0.1) is 0 Å². The van der Waals surface area contributed by atoms with E-state index in [1.165, 1.54) is 6.26 Å². The molecular formula is C19H14BrClN2O4. The lowest BCUT2D eigenvalue weighted by atomic mass is 10.2. The third-order valence-corrected chi connectivity index (χ3v) is 4.19. The Hall–Kier alpha value is -2.77. The zero-order chi connectivity index (χ0) is 19.2. The van der Waals surface area contributed by atoms with Crippen LogP contribution in [0.5, 0.6) is 5.75 Å². The van der Waals surface area contributed by atoms with Crippen molar-refractivity contribution in [2.24, 2.45) is 0 Å². The van der Waals surface area contributed by atoms with Crippen molar-refractivity contribution in [3.05, 3.63) is 76.1 Å². The Morgan fingerprint density at radius 3 is 2.52 bits per heavy atom. The van der Waals surface area contributed by atoms with Gasteiger partial charge in [-0.3, -0.25) is 9.59 Å². The first-order chi connectivity index (χ1) is 13.0. The van der Waals surface area contributed by atoms with Gasteiger partial charge in [0.05, 0.1) is 11.3 Å². The third-order valence-electron chi connectivity index (χ3n) is 3.40. The van der Waals surface area contributed by atoms with Crippen LogP contribution in [0.25, 0.3) is 0 Å². The van der Waals surface area contributed by atoms with Gasteiger partial charge in [0.15, 0.2) is 12.4 Å². The number of rotatable bonds is 6. The van der Waals surface area contributed by atoms with Crippen molar-refractivity contribution in [1.29, 1.82) is 0 Å². The number of hydrogen-bond acceptors (Lipinski definition) is 4. The first kappa shape index (κ1) is 19.0. The number of ether oxygens (including phenoxy) is 1. The van der Waals surface area contributed by atoms with E-state index >= 15 is 0 Å². The Kier molecular flexibility index (Phi) is 6.16. The first-order valence-electron chi connectivity index (χ1n) is 7.84. The van der Waals surface area contributed by atoms with Crippen LogP contribution in [0.3, 0.4) is 0 Å². The molecule has 0 saturated heterocycles. The molecule has 0 fully saturated rings. The maximum Gasteiger partial charge on any atom is 0.291 e. The summed E-state index contributed by atoms with van der Waals surface area (Å²) in [5.74, 6) is -0.126. The molecule has 0 spiro atoms. The Bertz CT molecular complexity index is 960. The van der Waals surface area contributed by atoms with Crippen LogP contribution in [0.1, 0.15) is 10.6 Å². The van der Waals surface area contributed by atoms with Crippen LogP contribution in [-0.2, 0) is 4.79 Å². The Balaban J connectivity index is 1.57. The monoisotopic (exact) mass is 448 g/mol. The van der Waals surface area contributed by atoms with E-state index in [0.717, 1.165) is 4.47 Å². The highest BCUT2D eigenvalue weighted by Gasteiger charge is 2.10. The number of halogens is 2.